The summed E-state index contributed by atoms with van der Waals surface area (Å²) < 4.78 is 5.80. The predicted molar refractivity (Wildman–Crippen MR) is 85.3 cm³/mol. The van der Waals surface area contributed by atoms with Gasteiger partial charge in [-0.2, -0.15) is 0 Å². The number of rotatable bonds is 6. The summed E-state index contributed by atoms with van der Waals surface area (Å²) in [6, 6.07) is 9.06. The lowest BCUT2D eigenvalue weighted by molar-refractivity contribution is 0.0216. The zero-order valence-corrected chi connectivity index (χ0v) is 12.8. The van der Waals surface area contributed by atoms with Crippen LogP contribution in [0.3, 0.4) is 0 Å². The minimum Gasteiger partial charge on any atom is -0.376 e. The molecule has 1 fully saturated rings. The van der Waals surface area contributed by atoms with E-state index in [1.54, 1.807) is 0 Å². The second-order valence-corrected chi connectivity index (χ2v) is 5.91. The second kappa shape index (κ2) is 7.65. The quantitative estimate of drug-likeness (QED) is 0.868. The molecule has 2 atom stereocenters. The van der Waals surface area contributed by atoms with E-state index in [9.17, 15) is 0 Å². The first kappa shape index (κ1) is 15.3. The van der Waals surface area contributed by atoms with Crippen molar-refractivity contribution in [2.75, 3.05) is 25.1 Å². The van der Waals surface area contributed by atoms with Gasteiger partial charge in [0.15, 0.2) is 0 Å². The fraction of sp³-hybridized carbons (Fsp3) is 0.647. The van der Waals surface area contributed by atoms with Gasteiger partial charge in [-0.05, 0) is 49.8 Å². The van der Waals surface area contributed by atoms with Gasteiger partial charge in [0.1, 0.15) is 0 Å². The maximum absolute atomic E-state index is 6.00. The Morgan fingerprint density at radius 1 is 1.30 bits per heavy atom. The molecule has 1 saturated heterocycles. The van der Waals surface area contributed by atoms with Gasteiger partial charge in [0, 0.05) is 31.9 Å². The number of benzene rings is 1. The molecule has 1 aliphatic rings. The largest absolute Gasteiger partial charge is 0.376 e. The first-order valence-corrected chi connectivity index (χ1v) is 7.86. The first-order chi connectivity index (χ1) is 9.69. The highest BCUT2D eigenvalue weighted by Gasteiger charge is 2.16. The van der Waals surface area contributed by atoms with E-state index in [0.29, 0.717) is 6.10 Å². The van der Waals surface area contributed by atoms with Crippen LogP contribution in [0.1, 0.15) is 38.2 Å². The zero-order valence-electron chi connectivity index (χ0n) is 12.8. The van der Waals surface area contributed by atoms with Gasteiger partial charge >= 0.3 is 0 Å². The smallest absolute Gasteiger partial charge is 0.0749 e. The standard InChI is InChI=1S/C17H28N2O/c1-3-15(18)12-14-7-9-16(10-8-14)19(2)13-17-6-4-5-11-20-17/h7-10,15,17H,3-6,11-13,18H2,1-2H3. The average Bonchev–Trinajstić information content (AvgIpc) is 2.49. The van der Waals surface area contributed by atoms with E-state index in [4.69, 9.17) is 10.5 Å². The van der Waals surface area contributed by atoms with Crippen molar-refractivity contribution >= 4 is 5.69 Å². The van der Waals surface area contributed by atoms with Crippen molar-refractivity contribution in [3.8, 4) is 0 Å². The number of hydrogen-bond acceptors (Lipinski definition) is 3. The highest BCUT2D eigenvalue weighted by molar-refractivity contribution is 5.47. The van der Waals surface area contributed by atoms with Crippen molar-refractivity contribution < 1.29 is 4.74 Å². The Kier molecular flexibility index (Phi) is 5.86. The molecule has 1 aliphatic heterocycles. The lowest BCUT2D eigenvalue weighted by atomic mass is 10.0. The van der Waals surface area contributed by atoms with Crippen molar-refractivity contribution in [2.24, 2.45) is 5.73 Å². The van der Waals surface area contributed by atoms with Gasteiger partial charge in [-0.1, -0.05) is 19.1 Å². The normalized spacial score (nSPS) is 20.6. The molecule has 0 spiro atoms. The van der Waals surface area contributed by atoms with Crippen LogP contribution in [-0.4, -0.2) is 32.3 Å². The molecule has 1 aromatic carbocycles. The second-order valence-electron chi connectivity index (χ2n) is 5.91. The highest BCUT2D eigenvalue weighted by Crippen LogP contribution is 2.19. The van der Waals surface area contributed by atoms with E-state index in [0.717, 1.165) is 26.0 Å². The molecule has 1 heterocycles. The molecule has 112 valence electrons. The van der Waals surface area contributed by atoms with Crippen molar-refractivity contribution in [1.29, 1.82) is 0 Å². The van der Waals surface area contributed by atoms with Crippen molar-refractivity contribution in [3.63, 3.8) is 0 Å². The Labute approximate surface area is 123 Å². The summed E-state index contributed by atoms with van der Waals surface area (Å²) in [7, 11) is 2.14. The van der Waals surface area contributed by atoms with Gasteiger partial charge in [-0.25, -0.2) is 0 Å². The van der Waals surface area contributed by atoms with Crippen LogP contribution in [0.2, 0.25) is 0 Å². The maximum Gasteiger partial charge on any atom is 0.0749 e. The number of hydrogen-bond donors (Lipinski definition) is 1. The Morgan fingerprint density at radius 3 is 2.65 bits per heavy atom. The van der Waals surface area contributed by atoms with Gasteiger partial charge in [0.05, 0.1) is 6.10 Å². The summed E-state index contributed by atoms with van der Waals surface area (Å²) in [5.41, 5.74) is 8.58. The molecule has 0 aromatic heterocycles. The summed E-state index contributed by atoms with van der Waals surface area (Å²) in [4.78, 5) is 2.29. The Balaban J connectivity index is 1.87. The SMILES string of the molecule is CCC(N)Cc1ccc(N(C)CC2CCCCO2)cc1. The van der Waals surface area contributed by atoms with E-state index in [1.165, 1.54) is 30.5 Å². The molecule has 2 rings (SSSR count). The van der Waals surface area contributed by atoms with Gasteiger partial charge in [0.25, 0.3) is 0 Å². The molecule has 3 nitrogen and oxygen atoms in total. The fourth-order valence-corrected chi connectivity index (χ4v) is 2.70. The van der Waals surface area contributed by atoms with Gasteiger partial charge < -0.3 is 15.4 Å². The van der Waals surface area contributed by atoms with Crippen LogP contribution in [0.4, 0.5) is 5.69 Å². The summed E-state index contributed by atoms with van der Waals surface area (Å²) in [6.07, 6.45) is 6.08. The molecule has 3 heteroatoms. The van der Waals surface area contributed by atoms with Gasteiger partial charge in [0.2, 0.25) is 0 Å². The van der Waals surface area contributed by atoms with Crippen LogP contribution in [0.25, 0.3) is 0 Å². The third kappa shape index (κ3) is 4.50. The fourth-order valence-electron chi connectivity index (χ4n) is 2.70. The average molecular weight is 276 g/mol. The molecule has 1 aromatic rings. The molecule has 0 aliphatic carbocycles. The number of ether oxygens (including phenoxy) is 1. The number of likely N-dealkylation sites (N-methyl/N-ethyl adjacent to an activating group) is 1. The summed E-state index contributed by atoms with van der Waals surface area (Å²) in [5.74, 6) is 0. The molecule has 2 N–H and O–H groups in total. The zero-order chi connectivity index (χ0) is 14.4. The highest BCUT2D eigenvalue weighted by atomic mass is 16.5. The van der Waals surface area contributed by atoms with Crippen molar-refractivity contribution in [1.82, 2.24) is 0 Å². The first-order valence-electron chi connectivity index (χ1n) is 7.86. The van der Waals surface area contributed by atoms with E-state index in [2.05, 4.69) is 43.1 Å². The predicted octanol–water partition coefficient (Wildman–Crippen LogP) is 2.97. The number of anilines is 1. The molecular formula is C17H28N2O. The van der Waals surface area contributed by atoms with E-state index in [1.807, 2.05) is 0 Å². The molecule has 2 unspecified atom stereocenters. The number of nitrogens with zero attached hydrogens (tertiary/aromatic N) is 1. The monoisotopic (exact) mass is 276 g/mol. The Bertz CT molecular complexity index is 384. The molecule has 0 saturated carbocycles. The third-order valence-corrected chi connectivity index (χ3v) is 4.15. The molecule has 0 bridgehead atoms. The summed E-state index contributed by atoms with van der Waals surface area (Å²) >= 11 is 0. The van der Waals surface area contributed by atoms with Crippen LogP contribution < -0.4 is 10.6 Å². The molecule has 20 heavy (non-hydrogen) atoms. The van der Waals surface area contributed by atoms with Crippen LogP contribution >= 0.6 is 0 Å². The van der Waals surface area contributed by atoms with Gasteiger partial charge in [-0.3, -0.25) is 0 Å². The lowest BCUT2D eigenvalue weighted by Gasteiger charge is -2.28. The molecule has 0 amide bonds. The Hall–Kier alpha value is -1.06. The minimum absolute atomic E-state index is 0.272. The maximum atomic E-state index is 6.00. The van der Waals surface area contributed by atoms with Crippen molar-refractivity contribution in [3.05, 3.63) is 29.8 Å². The van der Waals surface area contributed by atoms with Gasteiger partial charge in [-0.15, -0.1) is 0 Å². The summed E-state index contributed by atoms with van der Waals surface area (Å²) in [6.45, 7) is 4.04. The number of nitrogens with two attached hydrogens (primary N) is 1. The van der Waals surface area contributed by atoms with E-state index < -0.39 is 0 Å². The van der Waals surface area contributed by atoms with Crippen LogP contribution in [0, 0.1) is 0 Å². The third-order valence-electron chi connectivity index (χ3n) is 4.15. The van der Waals surface area contributed by atoms with Crippen LogP contribution in [0.15, 0.2) is 24.3 Å². The Morgan fingerprint density at radius 2 is 2.05 bits per heavy atom. The topological polar surface area (TPSA) is 38.5 Å². The van der Waals surface area contributed by atoms with Crippen molar-refractivity contribution in [2.45, 2.75) is 51.2 Å². The molecule has 0 radical (unpaired) electrons. The van der Waals surface area contributed by atoms with E-state index >= 15 is 0 Å². The van der Waals surface area contributed by atoms with Crippen LogP contribution in [0.5, 0.6) is 0 Å². The van der Waals surface area contributed by atoms with E-state index in [-0.39, 0.29) is 6.04 Å². The summed E-state index contributed by atoms with van der Waals surface area (Å²) in [5, 5.41) is 0. The minimum atomic E-state index is 0.272. The molecular weight excluding hydrogens is 248 g/mol. The van der Waals surface area contributed by atoms with Crippen LogP contribution in [-0.2, 0) is 11.2 Å². The lowest BCUT2D eigenvalue weighted by Crippen LogP contribution is -2.33.